The van der Waals surface area contributed by atoms with Crippen molar-refractivity contribution in [1.29, 1.82) is 0 Å². The second-order valence-electron chi connectivity index (χ2n) is 5.40. The maximum Gasteiger partial charge on any atom is 0.0300 e. The summed E-state index contributed by atoms with van der Waals surface area (Å²) in [5.74, 6) is 0.697. The molecule has 0 fully saturated rings. The summed E-state index contributed by atoms with van der Waals surface area (Å²) in [6, 6.07) is 13.5. The number of aromatic nitrogens is 1. The molecule has 0 amide bonds. The van der Waals surface area contributed by atoms with Crippen molar-refractivity contribution in [2.24, 2.45) is 5.92 Å². The van der Waals surface area contributed by atoms with Gasteiger partial charge in [0.1, 0.15) is 0 Å². The van der Waals surface area contributed by atoms with Crippen LogP contribution in [-0.2, 0) is 19.3 Å². The summed E-state index contributed by atoms with van der Waals surface area (Å²) in [5.41, 5.74) is 4.37. The molecular formula is C17H20N2. The van der Waals surface area contributed by atoms with E-state index in [1.54, 1.807) is 0 Å². The molecule has 0 spiro atoms. The normalized spacial score (nSPS) is 16.3. The minimum Gasteiger partial charge on any atom is -0.316 e. The molecule has 98 valence electrons. The molecular weight excluding hydrogens is 232 g/mol. The molecule has 0 aliphatic heterocycles. The molecule has 1 aliphatic rings. The van der Waals surface area contributed by atoms with Gasteiger partial charge in [0.05, 0.1) is 0 Å². The molecule has 1 atom stereocenters. The Labute approximate surface area is 114 Å². The lowest BCUT2D eigenvalue weighted by Crippen LogP contribution is -2.36. The summed E-state index contributed by atoms with van der Waals surface area (Å²) >= 11 is 0. The van der Waals surface area contributed by atoms with E-state index in [4.69, 9.17) is 0 Å². The molecule has 0 bridgehead atoms. The molecule has 19 heavy (non-hydrogen) atoms. The fraction of sp³-hybridized carbons (Fsp3) is 0.353. The summed E-state index contributed by atoms with van der Waals surface area (Å²) in [5, 5.41) is 3.50. The van der Waals surface area contributed by atoms with Crippen LogP contribution in [0.2, 0.25) is 0 Å². The third-order valence-corrected chi connectivity index (χ3v) is 4.20. The molecule has 1 aliphatic carbocycles. The number of likely N-dealkylation sites (N-methyl/N-ethyl adjacent to an activating group) is 1. The number of pyridine rings is 1. The predicted octanol–water partition coefficient (Wildman–Crippen LogP) is 2.63. The molecule has 2 nitrogen and oxygen atoms in total. The summed E-state index contributed by atoms with van der Waals surface area (Å²) in [6.07, 6.45) is 7.27. The van der Waals surface area contributed by atoms with E-state index in [1.807, 2.05) is 18.5 Å². The number of nitrogens with zero attached hydrogens (tertiary/aromatic N) is 1. The van der Waals surface area contributed by atoms with Crippen LogP contribution in [0.4, 0.5) is 0 Å². The van der Waals surface area contributed by atoms with Gasteiger partial charge in [-0.15, -0.1) is 0 Å². The minimum absolute atomic E-state index is 0.525. The minimum atomic E-state index is 0.525. The van der Waals surface area contributed by atoms with Crippen molar-refractivity contribution in [3.05, 3.63) is 65.5 Å². The number of hydrogen-bond acceptors (Lipinski definition) is 2. The lowest BCUT2D eigenvalue weighted by atomic mass is 9.92. The van der Waals surface area contributed by atoms with E-state index >= 15 is 0 Å². The standard InChI is InChI=1S/C17H20N2/c1-18-17(9-13-5-4-8-19-12-13)16-10-14-6-2-3-7-15(14)11-16/h2-8,12,16-18H,9-11H2,1H3. The van der Waals surface area contributed by atoms with Crippen LogP contribution >= 0.6 is 0 Å². The Morgan fingerprint density at radius 1 is 1.16 bits per heavy atom. The van der Waals surface area contributed by atoms with E-state index in [1.165, 1.54) is 29.5 Å². The topological polar surface area (TPSA) is 24.9 Å². The molecule has 1 unspecified atom stereocenters. The highest BCUT2D eigenvalue weighted by Crippen LogP contribution is 2.29. The van der Waals surface area contributed by atoms with Gasteiger partial charge in [-0.05, 0) is 55.0 Å². The van der Waals surface area contributed by atoms with E-state index in [2.05, 4.69) is 47.7 Å². The zero-order valence-electron chi connectivity index (χ0n) is 11.3. The molecule has 1 aromatic heterocycles. The van der Waals surface area contributed by atoms with Crippen molar-refractivity contribution in [1.82, 2.24) is 10.3 Å². The van der Waals surface area contributed by atoms with Crippen LogP contribution in [0.5, 0.6) is 0 Å². The van der Waals surface area contributed by atoms with Gasteiger partial charge in [0.2, 0.25) is 0 Å². The number of nitrogens with one attached hydrogen (secondary N) is 1. The van der Waals surface area contributed by atoms with E-state index in [-0.39, 0.29) is 0 Å². The SMILES string of the molecule is CNC(Cc1cccnc1)C1Cc2ccccc2C1. The van der Waals surface area contributed by atoms with Gasteiger partial charge in [-0.25, -0.2) is 0 Å². The molecule has 2 heteroatoms. The highest BCUT2D eigenvalue weighted by atomic mass is 14.9. The maximum atomic E-state index is 4.21. The molecule has 0 saturated carbocycles. The first-order valence-corrected chi connectivity index (χ1v) is 7.00. The van der Waals surface area contributed by atoms with Gasteiger partial charge in [-0.3, -0.25) is 4.98 Å². The Bertz CT molecular complexity index is 511. The van der Waals surface area contributed by atoms with Crippen molar-refractivity contribution in [3.63, 3.8) is 0 Å². The van der Waals surface area contributed by atoms with Crippen molar-refractivity contribution in [2.45, 2.75) is 25.3 Å². The van der Waals surface area contributed by atoms with Crippen molar-refractivity contribution in [2.75, 3.05) is 7.05 Å². The molecule has 1 aromatic carbocycles. The van der Waals surface area contributed by atoms with Gasteiger partial charge in [0.25, 0.3) is 0 Å². The van der Waals surface area contributed by atoms with Crippen LogP contribution in [0.1, 0.15) is 16.7 Å². The number of benzene rings is 1. The molecule has 3 rings (SSSR count). The van der Waals surface area contributed by atoms with Crippen LogP contribution in [0.3, 0.4) is 0 Å². The molecule has 1 heterocycles. The molecule has 0 saturated heterocycles. The lowest BCUT2D eigenvalue weighted by molar-refractivity contribution is 0.383. The Hall–Kier alpha value is -1.67. The van der Waals surface area contributed by atoms with Crippen LogP contribution in [-0.4, -0.2) is 18.1 Å². The van der Waals surface area contributed by atoms with Crippen molar-refractivity contribution >= 4 is 0 Å². The number of rotatable bonds is 4. The van der Waals surface area contributed by atoms with Crippen LogP contribution in [0.15, 0.2) is 48.8 Å². The van der Waals surface area contributed by atoms with Gasteiger partial charge >= 0.3 is 0 Å². The van der Waals surface area contributed by atoms with Crippen LogP contribution in [0, 0.1) is 5.92 Å². The summed E-state index contributed by atoms with van der Waals surface area (Å²) < 4.78 is 0. The third kappa shape index (κ3) is 2.69. The molecule has 0 radical (unpaired) electrons. The summed E-state index contributed by atoms with van der Waals surface area (Å²) in [4.78, 5) is 4.21. The largest absolute Gasteiger partial charge is 0.316 e. The zero-order valence-corrected chi connectivity index (χ0v) is 11.3. The number of hydrogen-bond donors (Lipinski definition) is 1. The van der Waals surface area contributed by atoms with Gasteiger partial charge < -0.3 is 5.32 Å². The average molecular weight is 252 g/mol. The van der Waals surface area contributed by atoms with E-state index < -0.39 is 0 Å². The highest BCUT2D eigenvalue weighted by Gasteiger charge is 2.27. The van der Waals surface area contributed by atoms with E-state index in [9.17, 15) is 0 Å². The molecule has 2 aromatic rings. The fourth-order valence-corrected chi connectivity index (χ4v) is 3.15. The first kappa shape index (κ1) is 12.4. The van der Waals surface area contributed by atoms with Crippen molar-refractivity contribution < 1.29 is 0 Å². The average Bonchev–Trinajstić information content (AvgIpc) is 2.89. The monoisotopic (exact) mass is 252 g/mol. The summed E-state index contributed by atoms with van der Waals surface area (Å²) in [7, 11) is 2.07. The van der Waals surface area contributed by atoms with Gasteiger partial charge in [-0.1, -0.05) is 30.3 Å². The van der Waals surface area contributed by atoms with Gasteiger partial charge in [0, 0.05) is 18.4 Å². The van der Waals surface area contributed by atoms with E-state index in [0.717, 1.165) is 6.42 Å². The predicted molar refractivity (Wildman–Crippen MR) is 78.1 cm³/mol. The Kier molecular flexibility index (Phi) is 3.60. The molecule has 1 N–H and O–H groups in total. The smallest absolute Gasteiger partial charge is 0.0300 e. The highest BCUT2D eigenvalue weighted by molar-refractivity contribution is 5.33. The van der Waals surface area contributed by atoms with Gasteiger partial charge in [-0.2, -0.15) is 0 Å². The van der Waals surface area contributed by atoms with Crippen LogP contribution < -0.4 is 5.32 Å². The maximum absolute atomic E-state index is 4.21. The van der Waals surface area contributed by atoms with E-state index in [0.29, 0.717) is 12.0 Å². The Morgan fingerprint density at radius 2 is 1.89 bits per heavy atom. The first-order valence-electron chi connectivity index (χ1n) is 7.00. The Morgan fingerprint density at radius 3 is 2.47 bits per heavy atom. The second kappa shape index (κ2) is 5.54. The van der Waals surface area contributed by atoms with Crippen molar-refractivity contribution in [3.8, 4) is 0 Å². The third-order valence-electron chi connectivity index (χ3n) is 4.20. The van der Waals surface area contributed by atoms with Gasteiger partial charge in [0.15, 0.2) is 0 Å². The zero-order chi connectivity index (χ0) is 13.1. The fourth-order valence-electron chi connectivity index (χ4n) is 3.15. The second-order valence-corrected chi connectivity index (χ2v) is 5.40. The van der Waals surface area contributed by atoms with Crippen LogP contribution in [0.25, 0.3) is 0 Å². The number of fused-ring (bicyclic) bond motifs is 1. The quantitative estimate of drug-likeness (QED) is 0.905. The lowest BCUT2D eigenvalue weighted by Gasteiger charge is -2.23. The Balaban J connectivity index is 1.71. The first-order chi connectivity index (χ1) is 9.36. The summed E-state index contributed by atoms with van der Waals surface area (Å²) in [6.45, 7) is 0.